The van der Waals surface area contributed by atoms with Crippen LogP contribution < -0.4 is 0 Å². The Morgan fingerprint density at radius 1 is 1.10 bits per heavy atom. The minimum absolute atomic E-state index is 0.406. The van der Waals surface area contributed by atoms with E-state index in [9.17, 15) is 13.2 Å². The van der Waals surface area contributed by atoms with Crippen LogP contribution in [0.3, 0.4) is 0 Å². The summed E-state index contributed by atoms with van der Waals surface area (Å²) in [5, 5.41) is 0. The first-order valence-electron chi connectivity index (χ1n) is 7.70. The maximum atomic E-state index is 12.9. The molecule has 0 spiro atoms. The normalized spacial score (nSPS) is 11.3. The molecular formula is C17H28F3N. The van der Waals surface area contributed by atoms with E-state index in [1.807, 2.05) is 20.9 Å². The molecule has 0 amide bonds. The molecular weight excluding hydrogens is 275 g/mol. The van der Waals surface area contributed by atoms with Crippen LogP contribution in [-0.4, -0.2) is 25.0 Å². The number of rotatable bonds is 6. The average molecular weight is 303 g/mol. The van der Waals surface area contributed by atoms with Gasteiger partial charge in [0.1, 0.15) is 0 Å². The highest BCUT2D eigenvalue weighted by Gasteiger charge is 2.32. The van der Waals surface area contributed by atoms with E-state index < -0.39 is 11.7 Å². The van der Waals surface area contributed by atoms with Crippen molar-refractivity contribution < 1.29 is 13.2 Å². The molecule has 0 fully saturated rings. The maximum absolute atomic E-state index is 12.9. The predicted molar refractivity (Wildman–Crippen MR) is 83.6 cm³/mol. The van der Waals surface area contributed by atoms with Crippen LogP contribution in [0.25, 0.3) is 0 Å². The van der Waals surface area contributed by atoms with E-state index in [0.717, 1.165) is 25.9 Å². The van der Waals surface area contributed by atoms with Gasteiger partial charge in [0.25, 0.3) is 0 Å². The molecule has 0 radical (unpaired) electrons. The molecule has 0 aliphatic heterocycles. The van der Waals surface area contributed by atoms with Crippen molar-refractivity contribution >= 4 is 0 Å². The Hall–Kier alpha value is -1.03. The Morgan fingerprint density at radius 2 is 1.71 bits per heavy atom. The zero-order chi connectivity index (χ0) is 16.5. The SMILES string of the molecule is CC.CCCN(C)CCCc1ccc(C)cc1C(F)(F)F. The first kappa shape index (κ1) is 20.0. The fourth-order valence-corrected chi connectivity index (χ4v) is 2.21. The van der Waals surface area contributed by atoms with Crippen LogP contribution >= 0.6 is 0 Å². The molecule has 122 valence electrons. The van der Waals surface area contributed by atoms with Gasteiger partial charge in [-0.25, -0.2) is 0 Å². The van der Waals surface area contributed by atoms with Crippen LogP contribution in [0, 0.1) is 6.92 Å². The average Bonchev–Trinajstić information content (AvgIpc) is 2.42. The van der Waals surface area contributed by atoms with Crippen molar-refractivity contribution in [3.8, 4) is 0 Å². The summed E-state index contributed by atoms with van der Waals surface area (Å²) >= 11 is 0. The summed E-state index contributed by atoms with van der Waals surface area (Å²) in [6.07, 6.45) is -1.96. The van der Waals surface area contributed by atoms with Crippen LogP contribution in [0.5, 0.6) is 0 Å². The monoisotopic (exact) mass is 303 g/mol. The highest BCUT2D eigenvalue weighted by molar-refractivity contribution is 5.33. The molecule has 4 heteroatoms. The highest BCUT2D eigenvalue weighted by Crippen LogP contribution is 2.33. The molecule has 0 saturated heterocycles. The van der Waals surface area contributed by atoms with Crippen LogP contribution in [0.1, 0.15) is 50.3 Å². The fourth-order valence-electron chi connectivity index (χ4n) is 2.21. The van der Waals surface area contributed by atoms with Gasteiger partial charge in [0, 0.05) is 0 Å². The summed E-state index contributed by atoms with van der Waals surface area (Å²) in [5.41, 5.74) is 0.577. The molecule has 1 aromatic rings. The molecule has 1 aromatic carbocycles. The van der Waals surface area contributed by atoms with Crippen molar-refractivity contribution in [2.45, 2.75) is 53.1 Å². The Bertz CT molecular complexity index is 400. The molecule has 0 unspecified atom stereocenters. The van der Waals surface area contributed by atoms with Crippen molar-refractivity contribution in [2.75, 3.05) is 20.1 Å². The van der Waals surface area contributed by atoms with Gasteiger partial charge in [-0.15, -0.1) is 0 Å². The van der Waals surface area contributed by atoms with Crippen molar-refractivity contribution in [3.63, 3.8) is 0 Å². The first-order valence-corrected chi connectivity index (χ1v) is 7.70. The summed E-state index contributed by atoms with van der Waals surface area (Å²) in [7, 11) is 2.00. The molecule has 0 bridgehead atoms. The van der Waals surface area contributed by atoms with Gasteiger partial charge in [0.15, 0.2) is 0 Å². The third kappa shape index (κ3) is 7.51. The quantitative estimate of drug-likeness (QED) is 0.688. The van der Waals surface area contributed by atoms with Gasteiger partial charge in [-0.1, -0.05) is 38.5 Å². The molecule has 0 aromatic heterocycles. The van der Waals surface area contributed by atoms with Crippen molar-refractivity contribution in [1.29, 1.82) is 0 Å². The molecule has 0 aliphatic rings. The van der Waals surface area contributed by atoms with E-state index in [4.69, 9.17) is 0 Å². The molecule has 0 N–H and O–H groups in total. The highest BCUT2D eigenvalue weighted by atomic mass is 19.4. The molecule has 0 atom stereocenters. The van der Waals surface area contributed by atoms with Crippen LogP contribution in [0.2, 0.25) is 0 Å². The van der Waals surface area contributed by atoms with Gasteiger partial charge in [-0.05, 0) is 58.0 Å². The maximum Gasteiger partial charge on any atom is 0.416 e. The van der Waals surface area contributed by atoms with Gasteiger partial charge in [0.2, 0.25) is 0 Å². The lowest BCUT2D eigenvalue weighted by Gasteiger charge is -2.17. The van der Waals surface area contributed by atoms with Gasteiger partial charge < -0.3 is 4.90 Å². The van der Waals surface area contributed by atoms with Gasteiger partial charge in [-0.3, -0.25) is 0 Å². The Labute approximate surface area is 127 Å². The fraction of sp³-hybridized carbons (Fsp3) is 0.647. The standard InChI is InChI=1S/C15H22F3N.C2H6/c1-4-9-19(3)10-5-6-13-8-7-12(2)11-14(13)15(16,17)18;1-2/h7-8,11H,4-6,9-10H2,1-3H3;1-2H3. The lowest BCUT2D eigenvalue weighted by molar-refractivity contribution is -0.138. The van der Waals surface area contributed by atoms with Crippen LogP contribution in [0.15, 0.2) is 18.2 Å². The summed E-state index contributed by atoms with van der Waals surface area (Å²) in [6, 6.07) is 4.60. The predicted octanol–water partition coefficient (Wildman–Crippen LogP) is 5.31. The smallest absolute Gasteiger partial charge is 0.306 e. The Kier molecular flexibility index (Phi) is 9.34. The third-order valence-corrected chi connectivity index (χ3v) is 3.16. The topological polar surface area (TPSA) is 3.24 Å². The Balaban J connectivity index is 0.00000191. The number of aryl methyl sites for hydroxylation is 2. The van der Waals surface area contributed by atoms with Crippen LogP contribution in [-0.2, 0) is 12.6 Å². The molecule has 0 aliphatic carbocycles. The number of hydrogen-bond acceptors (Lipinski definition) is 1. The van der Waals surface area contributed by atoms with E-state index in [0.29, 0.717) is 17.5 Å². The molecule has 0 heterocycles. The zero-order valence-electron chi connectivity index (χ0n) is 13.8. The zero-order valence-corrected chi connectivity index (χ0v) is 13.8. The second-order valence-corrected chi connectivity index (χ2v) is 5.07. The van der Waals surface area contributed by atoms with E-state index in [1.165, 1.54) is 6.07 Å². The lowest BCUT2D eigenvalue weighted by atomic mass is 10.00. The number of alkyl halides is 3. The van der Waals surface area contributed by atoms with Crippen molar-refractivity contribution in [1.82, 2.24) is 4.90 Å². The molecule has 1 nitrogen and oxygen atoms in total. The number of hydrogen-bond donors (Lipinski definition) is 0. The number of halogens is 3. The largest absolute Gasteiger partial charge is 0.416 e. The second kappa shape index (κ2) is 9.82. The summed E-state index contributed by atoms with van der Waals surface area (Å²) in [5.74, 6) is 0. The minimum Gasteiger partial charge on any atom is -0.306 e. The number of benzene rings is 1. The Morgan fingerprint density at radius 3 is 2.24 bits per heavy atom. The summed E-state index contributed by atoms with van der Waals surface area (Å²) in [4.78, 5) is 2.15. The second-order valence-electron chi connectivity index (χ2n) is 5.07. The van der Waals surface area contributed by atoms with Crippen molar-refractivity contribution in [3.05, 3.63) is 34.9 Å². The summed E-state index contributed by atoms with van der Waals surface area (Å²) in [6.45, 7) is 9.60. The van der Waals surface area contributed by atoms with Crippen LogP contribution in [0.4, 0.5) is 13.2 Å². The minimum atomic E-state index is -4.25. The van der Waals surface area contributed by atoms with E-state index in [1.54, 1.807) is 19.1 Å². The lowest BCUT2D eigenvalue weighted by Crippen LogP contribution is -2.21. The van der Waals surface area contributed by atoms with E-state index in [-0.39, 0.29) is 0 Å². The summed E-state index contributed by atoms with van der Waals surface area (Å²) < 4.78 is 38.8. The molecule has 21 heavy (non-hydrogen) atoms. The van der Waals surface area contributed by atoms with Gasteiger partial charge in [-0.2, -0.15) is 13.2 Å². The molecule has 0 saturated carbocycles. The molecule has 1 rings (SSSR count). The van der Waals surface area contributed by atoms with E-state index >= 15 is 0 Å². The van der Waals surface area contributed by atoms with Crippen molar-refractivity contribution in [2.24, 2.45) is 0 Å². The third-order valence-electron chi connectivity index (χ3n) is 3.16. The van der Waals surface area contributed by atoms with Gasteiger partial charge in [0.05, 0.1) is 5.56 Å². The van der Waals surface area contributed by atoms with E-state index in [2.05, 4.69) is 11.8 Å². The number of nitrogens with zero attached hydrogens (tertiary/aromatic N) is 1. The van der Waals surface area contributed by atoms with Gasteiger partial charge >= 0.3 is 6.18 Å². The first-order chi connectivity index (χ1) is 9.84.